The van der Waals surface area contributed by atoms with Crippen LogP contribution in [-0.4, -0.2) is 43.1 Å². The van der Waals surface area contributed by atoms with Crippen LogP contribution >= 0.6 is 11.3 Å². The molecule has 1 amide bonds. The monoisotopic (exact) mass is 363 g/mol. The summed E-state index contributed by atoms with van der Waals surface area (Å²) in [7, 11) is 1.63. The highest BCUT2D eigenvalue weighted by molar-refractivity contribution is 7.22. The molecule has 1 aromatic heterocycles. The van der Waals surface area contributed by atoms with Crippen LogP contribution in [0.1, 0.15) is 0 Å². The molecule has 2 rings (SSSR count). The van der Waals surface area contributed by atoms with Gasteiger partial charge in [0.25, 0.3) is 0 Å². The molecule has 2 N–H and O–H groups in total. The number of amides is 1. The molecule has 0 spiro atoms. The topological polar surface area (TPSA) is 89.5 Å². The second-order valence-electron chi connectivity index (χ2n) is 4.47. The molecule has 130 valence electrons. The molecule has 0 saturated carbocycles. The predicted molar refractivity (Wildman–Crippen MR) is 79.6 cm³/mol. The first-order valence-electron chi connectivity index (χ1n) is 6.38. The smallest absolute Gasteiger partial charge is 0.442 e. The zero-order chi connectivity index (χ0) is 18.0. The van der Waals surface area contributed by atoms with Gasteiger partial charge in [-0.3, -0.25) is 5.32 Å². The fourth-order valence-corrected chi connectivity index (χ4v) is 2.76. The molecule has 2 aromatic rings. The standard InChI is InChI=1S/C13H12F3N3O4S/c1-22-9(20)12(13(14,15)16,19-11(21)23-2)18-10-17-7-5-3-4-6-8(7)24-10/h3-6H,1-2H3,(H,17,18)(H,19,21)/t12-/m1/s1. The van der Waals surface area contributed by atoms with Crippen molar-refractivity contribution >= 4 is 38.7 Å². The van der Waals surface area contributed by atoms with E-state index in [1.807, 2.05) is 5.32 Å². The first-order chi connectivity index (χ1) is 11.2. The van der Waals surface area contributed by atoms with Crippen LogP contribution in [0.2, 0.25) is 0 Å². The molecule has 1 aromatic carbocycles. The number of alkyl carbamates (subject to hydrolysis) is 1. The Kier molecular flexibility index (Phi) is 4.83. The lowest BCUT2D eigenvalue weighted by Gasteiger charge is -2.33. The van der Waals surface area contributed by atoms with E-state index in [1.54, 1.807) is 24.3 Å². The first kappa shape index (κ1) is 17.8. The van der Waals surface area contributed by atoms with Crippen LogP contribution in [0.4, 0.5) is 23.1 Å². The van der Waals surface area contributed by atoms with E-state index in [0.29, 0.717) is 10.2 Å². The average Bonchev–Trinajstić information content (AvgIpc) is 2.94. The molecule has 1 atom stereocenters. The fraction of sp³-hybridized carbons (Fsp3) is 0.308. The number of thiazole rings is 1. The maximum atomic E-state index is 13.6. The van der Waals surface area contributed by atoms with Crippen LogP contribution in [0.3, 0.4) is 0 Å². The normalized spacial score (nSPS) is 13.9. The van der Waals surface area contributed by atoms with Gasteiger partial charge in [-0.2, -0.15) is 13.2 Å². The number of nitrogens with one attached hydrogen (secondary N) is 2. The van der Waals surface area contributed by atoms with Crippen LogP contribution in [-0.2, 0) is 14.3 Å². The first-order valence-corrected chi connectivity index (χ1v) is 7.20. The molecule has 7 nitrogen and oxygen atoms in total. The van der Waals surface area contributed by atoms with Gasteiger partial charge in [0.1, 0.15) is 0 Å². The second-order valence-corrected chi connectivity index (χ2v) is 5.50. The van der Waals surface area contributed by atoms with E-state index in [0.717, 1.165) is 25.6 Å². The number of methoxy groups -OCH3 is 2. The highest BCUT2D eigenvalue weighted by Crippen LogP contribution is 2.35. The van der Waals surface area contributed by atoms with Crippen LogP contribution in [0.15, 0.2) is 24.3 Å². The number of carbonyl (C=O) groups excluding carboxylic acids is 2. The number of hydrogen-bond donors (Lipinski definition) is 2. The molecular formula is C13H12F3N3O4S. The van der Waals surface area contributed by atoms with Crippen molar-refractivity contribution in [3.63, 3.8) is 0 Å². The molecule has 0 aliphatic rings. The maximum absolute atomic E-state index is 13.6. The zero-order valence-electron chi connectivity index (χ0n) is 12.4. The van der Waals surface area contributed by atoms with E-state index >= 15 is 0 Å². The van der Waals surface area contributed by atoms with E-state index in [-0.39, 0.29) is 5.13 Å². The number of alkyl halides is 3. The van der Waals surface area contributed by atoms with Crippen LogP contribution < -0.4 is 10.6 Å². The van der Waals surface area contributed by atoms with Gasteiger partial charge in [0.15, 0.2) is 5.13 Å². The Morgan fingerprint density at radius 3 is 2.38 bits per heavy atom. The molecule has 0 saturated heterocycles. The highest BCUT2D eigenvalue weighted by Gasteiger charge is 2.64. The zero-order valence-corrected chi connectivity index (χ0v) is 13.2. The number of rotatable bonds is 4. The summed E-state index contributed by atoms with van der Waals surface area (Å²) in [4.78, 5) is 27.2. The van der Waals surface area contributed by atoms with Crippen molar-refractivity contribution < 1.29 is 32.2 Å². The van der Waals surface area contributed by atoms with Crippen molar-refractivity contribution in [2.45, 2.75) is 11.8 Å². The number of ether oxygens (including phenoxy) is 2. The van der Waals surface area contributed by atoms with Crippen molar-refractivity contribution in [3.8, 4) is 0 Å². The molecule has 0 aliphatic carbocycles. The number of para-hydroxylation sites is 1. The maximum Gasteiger partial charge on any atom is 0.442 e. The SMILES string of the molecule is COC(=O)N[C@](Nc1nc2ccccc2s1)(C(=O)OC)C(F)(F)F. The highest BCUT2D eigenvalue weighted by atomic mass is 32.1. The molecular weight excluding hydrogens is 351 g/mol. The van der Waals surface area contributed by atoms with Crippen molar-refractivity contribution in [3.05, 3.63) is 24.3 Å². The molecule has 24 heavy (non-hydrogen) atoms. The third-order valence-electron chi connectivity index (χ3n) is 2.98. The summed E-state index contributed by atoms with van der Waals surface area (Å²) in [6.07, 6.45) is -6.70. The van der Waals surface area contributed by atoms with Crippen molar-refractivity contribution in [1.82, 2.24) is 10.3 Å². The Morgan fingerprint density at radius 1 is 1.17 bits per heavy atom. The van der Waals surface area contributed by atoms with E-state index in [1.165, 1.54) is 5.32 Å². The minimum Gasteiger partial charge on any atom is -0.466 e. The van der Waals surface area contributed by atoms with Crippen molar-refractivity contribution in [2.24, 2.45) is 0 Å². The van der Waals surface area contributed by atoms with Crippen LogP contribution in [0, 0.1) is 0 Å². The number of halogens is 3. The van der Waals surface area contributed by atoms with Gasteiger partial charge in [-0.15, -0.1) is 0 Å². The second kappa shape index (κ2) is 6.51. The van der Waals surface area contributed by atoms with Gasteiger partial charge in [0.2, 0.25) is 0 Å². The van der Waals surface area contributed by atoms with Gasteiger partial charge in [0.05, 0.1) is 24.4 Å². The summed E-state index contributed by atoms with van der Waals surface area (Å²) >= 11 is 0.881. The molecule has 1 heterocycles. The number of carbonyl (C=O) groups is 2. The number of anilines is 1. The number of esters is 1. The van der Waals surface area contributed by atoms with Crippen molar-refractivity contribution in [1.29, 1.82) is 0 Å². The molecule has 0 radical (unpaired) electrons. The molecule has 11 heteroatoms. The van der Waals surface area contributed by atoms with E-state index < -0.39 is 23.9 Å². The minimum absolute atomic E-state index is 0.227. The fourth-order valence-electron chi connectivity index (χ4n) is 1.83. The minimum atomic E-state index is -5.23. The van der Waals surface area contributed by atoms with E-state index in [9.17, 15) is 22.8 Å². The summed E-state index contributed by atoms with van der Waals surface area (Å²) in [5, 5.41) is 3.17. The lowest BCUT2D eigenvalue weighted by atomic mass is 10.1. The third-order valence-corrected chi connectivity index (χ3v) is 3.93. The summed E-state index contributed by atoms with van der Waals surface area (Å²) in [5.74, 6) is -1.76. The molecule has 0 fully saturated rings. The Bertz CT molecular complexity index is 731. The molecule has 0 aliphatic heterocycles. The average molecular weight is 363 g/mol. The summed E-state index contributed by atoms with van der Waals surface area (Å²) in [5.41, 5.74) is -3.10. The Hall–Kier alpha value is -2.56. The van der Waals surface area contributed by atoms with Gasteiger partial charge in [-0.05, 0) is 12.1 Å². The summed E-state index contributed by atoms with van der Waals surface area (Å²) in [6, 6.07) is 6.60. The van der Waals surface area contributed by atoms with Crippen LogP contribution in [0.5, 0.6) is 0 Å². The molecule has 0 bridgehead atoms. The van der Waals surface area contributed by atoms with E-state index in [2.05, 4.69) is 14.5 Å². The van der Waals surface area contributed by atoms with Gasteiger partial charge in [-0.1, -0.05) is 23.5 Å². The van der Waals surface area contributed by atoms with Crippen LogP contribution in [0.25, 0.3) is 10.2 Å². The quantitative estimate of drug-likeness (QED) is 0.641. The third kappa shape index (κ3) is 3.20. The van der Waals surface area contributed by atoms with E-state index in [4.69, 9.17) is 0 Å². The lowest BCUT2D eigenvalue weighted by molar-refractivity contribution is -0.203. The lowest BCUT2D eigenvalue weighted by Crippen LogP contribution is -2.69. The Morgan fingerprint density at radius 2 is 1.83 bits per heavy atom. The predicted octanol–water partition coefficient (Wildman–Crippen LogP) is 2.50. The van der Waals surface area contributed by atoms with Crippen molar-refractivity contribution in [2.75, 3.05) is 19.5 Å². The molecule has 0 unspecified atom stereocenters. The number of hydrogen-bond acceptors (Lipinski definition) is 7. The number of aromatic nitrogens is 1. The largest absolute Gasteiger partial charge is 0.466 e. The van der Waals surface area contributed by atoms with Gasteiger partial charge < -0.3 is 14.8 Å². The van der Waals surface area contributed by atoms with Gasteiger partial charge >= 0.3 is 23.9 Å². The number of benzene rings is 1. The Labute approximate surface area is 137 Å². The Balaban J connectivity index is 2.50. The summed E-state index contributed by atoms with van der Waals surface area (Å²) < 4.78 is 49.8. The van der Waals surface area contributed by atoms with Gasteiger partial charge in [-0.25, -0.2) is 14.6 Å². The number of fused-ring (bicyclic) bond motifs is 1. The van der Waals surface area contributed by atoms with Gasteiger partial charge in [0, 0.05) is 0 Å². The summed E-state index contributed by atoms with van der Waals surface area (Å²) in [6.45, 7) is 0. The number of nitrogens with zero attached hydrogens (tertiary/aromatic N) is 1.